The van der Waals surface area contributed by atoms with Crippen molar-refractivity contribution < 1.29 is 65.8 Å². The lowest BCUT2D eigenvalue weighted by molar-refractivity contribution is -0.0980. The van der Waals surface area contributed by atoms with Gasteiger partial charge in [0.2, 0.25) is 4.77 Å². The van der Waals surface area contributed by atoms with Gasteiger partial charge in [-0.3, -0.25) is 9.09 Å². The van der Waals surface area contributed by atoms with E-state index in [1.807, 2.05) is 0 Å². The van der Waals surface area contributed by atoms with Crippen LogP contribution >= 0.6 is 35.7 Å². The molecule has 0 aromatic carbocycles. The molecule has 31 heavy (non-hydrogen) atoms. The van der Waals surface area contributed by atoms with Gasteiger partial charge in [-0.15, -0.1) is 0 Å². The van der Waals surface area contributed by atoms with Crippen molar-refractivity contribution in [1.29, 1.82) is 0 Å². The van der Waals surface area contributed by atoms with Gasteiger partial charge in [0.15, 0.2) is 17.9 Å². The summed E-state index contributed by atoms with van der Waals surface area (Å²) in [5.74, 6) is -1.57. The molecule has 6 atom stereocenters. The fourth-order valence-electron chi connectivity index (χ4n) is 2.47. The SMILES string of the molecule is CC1(O)[C@@H](O)[C@@H](COP(=O)(O)OP(=O)(O)OP(=O)(O)O)O[C@H]1n1cc(F)c(N)nc1=S. The largest absolute Gasteiger partial charge is 0.490 e. The molecule has 0 saturated carbocycles. The van der Waals surface area contributed by atoms with E-state index in [1.165, 1.54) is 0 Å². The molecule has 8 N–H and O–H groups in total. The molecule has 2 rings (SSSR count). The zero-order valence-corrected chi connectivity index (χ0v) is 18.7. The van der Waals surface area contributed by atoms with E-state index in [0.29, 0.717) is 0 Å². The Morgan fingerprint density at radius 3 is 2.42 bits per heavy atom. The number of phosphoric acid groups is 3. The predicted molar refractivity (Wildman–Crippen MR) is 97.8 cm³/mol. The Bertz CT molecular complexity index is 1050. The van der Waals surface area contributed by atoms with Gasteiger partial charge in [0, 0.05) is 6.20 Å². The van der Waals surface area contributed by atoms with E-state index in [2.05, 4.69) is 18.1 Å². The van der Waals surface area contributed by atoms with Crippen molar-refractivity contribution in [3.8, 4) is 0 Å². The second-order valence-corrected chi connectivity index (χ2v) is 11.0. The molecule has 0 aliphatic carbocycles. The summed E-state index contributed by atoms with van der Waals surface area (Å²) < 4.78 is 64.7. The fraction of sp³-hybridized carbons (Fsp3) is 0.600. The first-order valence-corrected chi connectivity index (χ1v) is 12.7. The number of hydrogen-bond acceptors (Lipinski definition) is 12. The van der Waals surface area contributed by atoms with Gasteiger partial charge in [0.25, 0.3) is 0 Å². The average Bonchev–Trinajstić information content (AvgIpc) is 2.76. The summed E-state index contributed by atoms with van der Waals surface area (Å²) in [6.45, 7) is -0.00108. The highest BCUT2D eigenvalue weighted by atomic mass is 32.1. The fourth-order valence-corrected chi connectivity index (χ4v) is 5.75. The van der Waals surface area contributed by atoms with E-state index in [0.717, 1.165) is 17.7 Å². The minimum Gasteiger partial charge on any atom is -0.387 e. The summed E-state index contributed by atoms with van der Waals surface area (Å²) >= 11 is 4.90. The van der Waals surface area contributed by atoms with E-state index in [4.69, 9.17) is 37.4 Å². The first-order valence-electron chi connectivity index (χ1n) is 7.73. The highest BCUT2D eigenvalue weighted by Gasteiger charge is 2.54. The number of nitrogens with two attached hydrogens (primary N) is 1. The van der Waals surface area contributed by atoms with Crippen molar-refractivity contribution >= 4 is 41.5 Å². The van der Waals surface area contributed by atoms with Gasteiger partial charge in [0.05, 0.1) is 6.61 Å². The molecular weight excluding hydrogens is 514 g/mol. The van der Waals surface area contributed by atoms with Crippen molar-refractivity contribution in [3.05, 3.63) is 16.8 Å². The van der Waals surface area contributed by atoms with Crippen molar-refractivity contribution in [2.24, 2.45) is 0 Å². The molecule has 1 aliphatic heterocycles. The predicted octanol–water partition coefficient (Wildman–Crippen LogP) is -0.314. The summed E-state index contributed by atoms with van der Waals surface area (Å²) in [7, 11) is -16.8. The van der Waals surface area contributed by atoms with Crippen molar-refractivity contribution in [1.82, 2.24) is 9.55 Å². The summed E-state index contributed by atoms with van der Waals surface area (Å²) in [6.07, 6.45) is -4.28. The summed E-state index contributed by atoms with van der Waals surface area (Å²) in [5.41, 5.74) is 3.11. The molecule has 1 aromatic rings. The molecule has 1 aromatic heterocycles. The number of ether oxygens (including phenoxy) is 1. The average molecular weight is 531 g/mol. The highest BCUT2D eigenvalue weighted by molar-refractivity contribution is 7.71. The van der Waals surface area contributed by atoms with E-state index in [9.17, 15) is 33.2 Å². The second kappa shape index (κ2) is 8.93. The standard InChI is InChI=1S/C10H17FN3O13P3S/c1-10(16)6(15)5(25-8(10)14-2-4(11)7(12)13-9(14)31)3-24-29(20,21)27-30(22,23)26-28(17,18)19/h2,5-6,8,15-16H,3H2,1H3,(H,20,21)(H,22,23)(H2,12,13,31)(H2,17,18,19)/t5-,6+,8-,10?/m1/s1. The monoisotopic (exact) mass is 531 g/mol. The number of rotatable bonds is 8. The molecule has 16 nitrogen and oxygen atoms in total. The molecule has 3 unspecified atom stereocenters. The molecule has 0 spiro atoms. The van der Waals surface area contributed by atoms with Crippen LogP contribution in [0.25, 0.3) is 0 Å². The van der Waals surface area contributed by atoms with Crippen LogP contribution in [0.1, 0.15) is 13.2 Å². The topological polar surface area (TPSA) is 253 Å². The highest BCUT2D eigenvalue weighted by Crippen LogP contribution is 2.66. The number of phosphoric ester groups is 1. The Morgan fingerprint density at radius 1 is 1.29 bits per heavy atom. The second-order valence-electron chi connectivity index (χ2n) is 6.25. The van der Waals surface area contributed by atoms with Crippen molar-refractivity contribution in [3.63, 3.8) is 0 Å². The van der Waals surface area contributed by atoms with Crippen molar-refractivity contribution in [2.75, 3.05) is 12.3 Å². The maximum absolute atomic E-state index is 13.8. The number of aliphatic hydroxyl groups excluding tert-OH is 1. The van der Waals surface area contributed by atoms with Gasteiger partial charge in [-0.2, -0.15) is 13.6 Å². The maximum atomic E-state index is 13.8. The van der Waals surface area contributed by atoms with E-state index < -0.39 is 65.7 Å². The van der Waals surface area contributed by atoms with Crippen LogP contribution in [-0.4, -0.2) is 63.8 Å². The van der Waals surface area contributed by atoms with Crippen LogP contribution < -0.4 is 5.73 Å². The Morgan fingerprint density at radius 2 is 1.87 bits per heavy atom. The van der Waals surface area contributed by atoms with Crippen LogP contribution in [-0.2, 0) is 31.6 Å². The van der Waals surface area contributed by atoms with Gasteiger partial charge < -0.3 is 40.3 Å². The van der Waals surface area contributed by atoms with Gasteiger partial charge >= 0.3 is 23.5 Å². The third-order valence-corrected chi connectivity index (χ3v) is 7.86. The van der Waals surface area contributed by atoms with Gasteiger partial charge in [-0.1, -0.05) is 0 Å². The number of halogens is 1. The molecule has 21 heteroatoms. The smallest absolute Gasteiger partial charge is 0.387 e. The number of anilines is 1. The molecule has 0 bridgehead atoms. The van der Waals surface area contributed by atoms with E-state index >= 15 is 0 Å². The number of nitrogens with zero attached hydrogens (tertiary/aromatic N) is 2. The van der Waals surface area contributed by atoms with Crippen LogP contribution in [0.2, 0.25) is 0 Å². The molecule has 1 saturated heterocycles. The number of hydrogen-bond donors (Lipinski definition) is 7. The Balaban J connectivity index is 2.16. The minimum atomic E-state index is -5.75. The van der Waals surface area contributed by atoms with Crippen LogP contribution in [0.15, 0.2) is 6.20 Å². The Labute approximate surface area is 177 Å². The van der Waals surface area contributed by atoms with Crippen molar-refractivity contribution in [2.45, 2.75) is 31.0 Å². The zero-order chi connectivity index (χ0) is 24.0. The molecule has 1 fully saturated rings. The number of nitrogen functional groups attached to an aromatic ring is 1. The zero-order valence-electron chi connectivity index (χ0n) is 15.2. The van der Waals surface area contributed by atoms with Crippen LogP contribution in [0, 0.1) is 10.6 Å². The Kier molecular flexibility index (Phi) is 7.65. The normalized spacial score (nSPS) is 30.6. The van der Waals surface area contributed by atoms with Crippen LogP contribution in [0.4, 0.5) is 10.2 Å². The summed E-state index contributed by atoms with van der Waals surface area (Å²) in [5, 5.41) is 20.8. The van der Waals surface area contributed by atoms with Gasteiger partial charge in [0.1, 0.15) is 17.8 Å². The lowest BCUT2D eigenvalue weighted by Gasteiger charge is -2.28. The molecule has 0 amide bonds. The lowest BCUT2D eigenvalue weighted by Crippen LogP contribution is -2.44. The first-order chi connectivity index (χ1) is 13.8. The number of aromatic nitrogens is 2. The third kappa shape index (κ3) is 6.66. The molecule has 178 valence electrons. The lowest BCUT2D eigenvalue weighted by atomic mass is 9.96. The molecule has 0 radical (unpaired) electrons. The first kappa shape index (κ1) is 26.6. The number of aliphatic hydroxyl groups is 2. The molecule has 1 aliphatic rings. The van der Waals surface area contributed by atoms with E-state index in [1.54, 1.807) is 0 Å². The van der Waals surface area contributed by atoms with Gasteiger partial charge in [-0.05, 0) is 19.1 Å². The molecule has 2 heterocycles. The molecular formula is C10H17FN3O13P3S. The van der Waals surface area contributed by atoms with Crippen LogP contribution in [0.5, 0.6) is 0 Å². The van der Waals surface area contributed by atoms with E-state index in [-0.39, 0.29) is 4.77 Å². The summed E-state index contributed by atoms with van der Waals surface area (Å²) in [6, 6.07) is 0. The Hall–Kier alpha value is -0.680. The quantitative estimate of drug-likeness (QED) is 0.168. The van der Waals surface area contributed by atoms with Gasteiger partial charge in [-0.25, -0.2) is 18.1 Å². The summed E-state index contributed by atoms with van der Waals surface area (Å²) in [4.78, 5) is 39.0. The minimum absolute atomic E-state index is 0.343. The maximum Gasteiger partial charge on any atom is 0.490 e. The third-order valence-electron chi connectivity index (χ3n) is 3.76. The van der Waals surface area contributed by atoms with Crippen LogP contribution in [0.3, 0.4) is 0 Å².